The van der Waals surface area contributed by atoms with Crippen molar-refractivity contribution in [3.05, 3.63) is 23.9 Å². The van der Waals surface area contributed by atoms with E-state index in [1.54, 1.807) is 6.07 Å². The minimum atomic E-state index is -2.91. The number of pyridine rings is 1. The fourth-order valence-electron chi connectivity index (χ4n) is 2.32. The van der Waals surface area contributed by atoms with Gasteiger partial charge in [0, 0.05) is 24.8 Å². The molecule has 1 saturated carbocycles. The van der Waals surface area contributed by atoms with Crippen LogP contribution in [0.5, 0.6) is 5.88 Å². The van der Waals surface area contributed by atoms with Gasteiger partial charge in [-0.2, -0.15) is 8.78 Å². The molecular weight excluding hydrogens is 280 g/mol. The van der Waals surface area contributed by atoms with E-state index in [0.717, 1.165) is 19.3 Å². The Morgan fingerprint density at radius 1 is 1.52 bits per heavy atom. The number of rotatable bonds is 6. The lowest BCUT2D eigenvalue weighted by molar-refractivity contribution is -0.0529. The van der Waals surface area contributed by atoms with Crippen molar-refractivity contribution in [3.63, 3.8) is 0 Å². The molecule has 1 aromatic rings. The van der Waals surface area contributed by atoms with Crippen LogP contribution in [0.4, 0.5) is 13.6 Å². The lowest BCUT2D eigenvalue weighted by Crippen LogP contribution is -2.48. The van der Waals surface area contributed by atoms with Gasteiger partial charge in [0.15, 0.2) is 0 Å². The van der Waals surface area contributed by atoms with Crippen LogP contribution in [0.3, 0.4) is 0 Å². The number of ether oxygens (including phenoxy) is 1. The highest BCUT2D eigenvalue weighted by Gasteiger charge is 2.28. The first-order valence-corrected chi connectivity index (χ1v) is 7.01. The Bertz CT molecular complexity index is 479. The van der Waals surface area contributed by atoms with E-state index in [-0.39, 0.29) is 24.5 Å². The molecule has 0 unspecified atom stereocenters. The lowest BCUT2D eigenvalue weighted by atomic mass is 9.79. The smallest absolute Gasteiger partial charge is 0.388 e. The van der Waals surface area contributed by atoms with Crippen molar-refractivity contribution in [2.45, 2.75) is 45.4 Å². The van der Waals surface area contributed by atoms with Crippen LogP contribution in [-0.4, -0.2) is 23.7 Å². The lowest BCUT2D eigenvalue weighted by Gasteiger charge is -2.35. The van der Waals surface area contributed by atoms with Gasteiger partial charge in [-0.15, -0.1) is 0 Å². The number of urea groups is 1. The Balaban J connectivity index is 1.73. The topological polar surface area (TPSA) is 63.2 Å². The van der Waals surface area contributed by atoms with Crippen molar-refractivity contribution in [3.8, 4) is 5.88 Å². The molecule has 0 saturated heterocycles. The summed E-state index contributed by atoms with van der Waals surface area (Å²) in [4.78, 5) is 15.4. The number of amides is 2. The molecule has 2 rings (SSSR count). The molecule has 1 aromatic heterocycles. The normalized spacial score (nSPS) is 20.8. The Morgan fingerprint density at radius 2 is 2.29 bits per heavy atom. The third kappa shape index (κ3) is 4.84. The Morgan fingerprint density at radius 3 is 2.95 bits per heavy atom. The SMILES string of the molecule is CCC1CC(NC(=O)NCc2ccnc(OC(F)F)c2)C1. The first kappa shape index (κ1) is 15.5. The molecule has 1 aliphatic rings. The molecule has 0 aromatic carbocycles. The number of halogens is 2. The maximum atomic E-state index is 12.1. The molecule has 0 atom stereocenters. The Labute approximate surface area is 122 Å². The summed E-state index contributed by atoms with van der Waals surface area (Å²) in [7, 11) is 0. The fourth-order valence-corrected chi connectivity index (χ4v) is 2.32. The average molecular weight is 299 g/mol. The van der Waals surface area contributed by atoms with Gasteiger partial charge in [0.25, 0.3) is 0 Å². The molecule has 1 aliphatic carbocycles. The Kier molecular flexibility index (Phi) is 5.30. The minimum Gasteiger partial charge on any atom is -0.417 e. The van der Waals surface area contributed by atoms with Crippen LogP contribution < -0.4 is 15.4 Å². The van der Waals surface area contributed by atoms with Gasteiger partial charge in [-0.25, -0.2) is 9.78 Å². The first-order chi connectivity index (χ1) is 10.1. The molecule has 7 heteroatoms. The summed E-state index contributed by atoms with van der Waals surface area (Å²) in [5, 5.41) is 5.57. The molecule has 2 amide bonds. The number of carbonyl (C=O) groups is 1. The van der Waals surface area contributed by atoms with Crippen LogP contribution in [0.25, 0.3) is 0 Å². The third-order valence-electron chi connectivity index (χ3n) is 3.61. The van der Waals surface area contributed by atoms with Gasteiger partial charge < -0.3 is 15.4 Å². The van der Waals surface area contributed by atoms with Gasteiger partial charge in [0.2, 0.25) is 5.88 Å². The van der Waals surface area contributed by atoms with Crippen LogP contribution in [0.1, 0.15) is 31.7 Å². The maximum Gasteiger partial charge on any atom is 0.388 e. The molecule has 5 nitrogen and oxygen atoms in total. The van der Waals surface area contributed by atoms with E-state index in [9.17, 15) is 13.6 Å². The maximum absolute atomic E-state index is 12.1. The van der Waals surface area contributed by atoms with E-state index < -0.39 is 6.61 Å². The van der Waals surface area contributed by atoms with Crippen LogP contribution in [0, 0.1) is 5.92 Å². The highest BCUT2D eigenvalue weighted by molar-refractivity contribution is 5.74. The summed E-state index contributed by atoms with van der Waals surface area (Å²) in [5.41, 5.74) is 0.649. The zero-order valence-electron chi connectivity index (χ0n) is 11.8. The first-order valence-electron chi connectivity index (χ1n) is 7.01. The van der Waals surface area contributed by atoms with Gasteiger partial charge in [0.1, 0.15) is 0 Å². The van der Waals surface area contributed by atoms with Gasteiger partial charge in [-0.3, -0.25) is 0 Å². The summed E-state index contributed by atoms with van der Waals surface area (Å²) in [5.74, 6) is 0.555. The molecule has 116 valence electrons. The molecule has 2 N–H and O–H groups in total. The molecule has 0 aliphatic heterocycles. The molecule has 1 heterocycles. The minimum absolute atomic E-state index is 0.158. The largest absolute Gasteiger partial charge is 0.417 e. The molecule has 0 spiro atoms. The zero-order valence-corrected chi connectivity index (χ0v) is 11.8. The van der Waals surface area contributed by atoms with Crippen molar-refractivity contribution >= 4 is 6.03 Å². The molecule has 0 bridgehead atoms. The van der Waals surface area contributed by atoms with Crippen molar-refractivity contribution in [1.29, 1.82) is 0 Å². The highest BCUT2D eigenvalue weighted by Crippen LogP contribution is 2.29. The average Bonchev–Trinajstić information content (AvgIpc) is 2.39. The number of nitrogens with one attached hydrogen (secondary N) is 2. The van der Waals surface area contributed by atoms with E-state index in [2.05, 4.69) is 27.3 Å². The van der Waals surface area contributed by atoms with Crippen LogP contribution in [-0.2, 0) is 6.54 Å². The standard InChI is InChI=1S/C14H19F2N3O2/c1-2-9-5-11(6-9)19-14(20)18-8-10-3-4-17-12(7-10)21-13(15)16/h3-4,7,9,11,13H,2,5-6,8H2,1H3,(H2,18,19,20). The van der Waals surface area contributed by atoms with Gasteiger partial charge >= 0.3 is 12.6 Å². The van der Waals surface area contributed by atoms with E-state index in [1.807, 2.05) is 0 Å². The molecule has 21 heavy (non-hydrogen) atoms. The number of nitrogens with zero attached hydrogens (tertiary/aromatic N) is 1. The van der Waals surface area contributed by atoms with Crippen LogP contribution >= 0.6 is 0 Å². The van der Waals surface area contributed by atoms with E-state index >= 15 is 0 Å². The quantitative estimate of drug-likeness (QED) is 0.849. The van der Waals surface area contributed by atoms with Crippen LogP contribution in [0.2, 0.25) is 0 Å². The second-order valence-electron chi connectivity index (χ2n) is 5.15. The van der Waals surface area contributed by atoms with Gasteiger partial charge in [-0.1, -0.05) is 13.3 Å². The Hall–Kier alpha value is -1.92. The number of aromatic nitrogens is 1. The number of carbonyl (C=O) groups excluding carboxylic acids is 1. The summed E-state index contributed by atoms with van der Waals surface area (Å²) < 4.78 is 28.4. The summed E-state index contributed by atoms with van der Waals surface area (Å²) in [6.45, 7) is -0.532. The van der Waals surface area contributed by atoms with E-state index in [4.69, 9.17) is 0 Å². The van der Waals surface area contributed by atoms with Crippen molar-refractivity contribution in [1.82, 2.24) is 15.6 Å². The number of hydrogen-bond donors (Lipinski definition) is 2. The predicted molar refractivity (Wildman–Crippen MR) is 73.0 cm³/mol. The van der Waals surface area contributed by atoms with E-state index in [0.29, 0.717) is 11.5 Å². The molecule has 1 fully saturated rings. The van der Waals surface area contributed by atoms with Crippen LogP contribution in [0.15, 0.2) is 18.3 Å². The fraction of sp³-hybridized carbons (Fsp3) is 0.571. The predicted octanol–water partition coefficient (Wildman–Crippen LogP) is 2.67. The third-order valence-corrected chi connectivity index (χ3v) is 3.61. The van der Waals surface area contributed by atoms with Crippen molar-refractivity contribution < 1.29 is 18.3 Å². The summed E-state index contributed by atoms with van der Waals surface area (Å²) in [6.07, 6.45) is 4.55. The summed E-state index contributed by atoms with van der Waals surface area (Å²) in [6, 6.07) is 3.01. The molecule has 0 radical (unpaired) electrons. The van der Waals surface area contributed by atoms with Crippen molar-refractivity contribution in [2.24, 2.45) is 5.92 Å². The zero-order chi connectivity index (χ0) is 15.2. The van der Waals surface area contributed by atoms with E-state index in [1.165, 1.54) is 12.3 Å². The second kappa shape index (κ2) is 7.19. The second-order valence-corrected chi connectivity index (χ2v) is 5.15. The van der Waals surface area contributed by atoms with Gasteiger partial charge in [0.05, 0.1) is 0 Å². The number of alkyl halides is 2. The summed E-state index contributed by atoms with van der Waals surface area (Å²) >= 11 is 0. The molecular formula is C14H19F2N3O2. The monoisotopic (exact) mass is 299 g/mol. The van der Waals surface area contributed by atoms with Crippen molar-refractivity contribution in [2.75, 3.05) is 0 Å². The number of hydrogen-bond acceptors (Lipinski definition) is 3. The highest BCUT2D eigenvalue weighted by atomic mass is 19.3. The van der Waals surface area contributed by atoms with Gasteiger partial charge in [-0.05, 0) is 30.4 Å².